The summed E-state index contributed by atoms with van der Waals surface area (Å²) < 4.78 is 10.7. The van der Waals surface area contributed by atoms with Gasteiger partial charge < -0.3 is 9.47 Å². The first-order valence-corrected chi connectivity index (χ1v) is 24.5. The summed E-state index contributed by atoms with van der Waals surface area (Å²) in [6, 6.07) is 65.6. The van der Waals surface area contributed by atoms with E-state index in [2.05, 4.69) is 121 Å². The number of hydrogen-bond acceptors (Lipinski definition) is 7. The average molecular weight is 933 g/mol. The SMILES string of the molecule is COc1ccc(C(=O)C#Cc2ccc(OOc3ccc(C45CC6CC(C4)CC(c4ccc(OOc7ccc(C8(c9ccc(OC)cc9)c9ccccc9-c9ccccc98)cc7)cc4)(C6)C5)cc3)cc2)cc1. The maximum absolute atomic E-state index is 12.5. The molecule has 4 saturated carbocycles. The predicted molar refractivity (Wildman–Crippen MR) is 274 cm³/mol. The Morgan fingerprint density at radius 1 is 0.437 bits per heavy atom. The highest BCUT2D eigenvalue weighted by Gasteiger charge is 2.58. The van der Waals surface area contributed by atoms with Gasteiger partial charge in [0.2, 0.25) is 5.78 Å². The van der Waals surface area contributed by atoms with E-state index < -0.39 is 5.41 Å². The maximum Gasteiger partial charge on any atom is 0.236 e. The van der Waals surface area contributed by atoms with Gasteiger partial charge in [0.1, 0.15) is 11.5 Å². The summed E-state index contributed by atoms with van der Waals surface area (Å²) >= 11 is 0. The summed E-state index contributed by atoms with van der Waals surface area (Å²) in [6.07, 6.45) is 7.32. The molecule has 0 N–H and O–H groups in total. The minimum absolute atomic E-state index is 0.119. The van der Waals surface area contributed by atoms with E-state index in [1.165, 1.54) is 71.0 Å². The van der Waals surface area contributed by atoms with E-state index in [0.29, 0.717) is 51.7 Å². The lowest BCUT2D eigenvalue weighted by Crippen LogP contribution is -2.55. The zero-order chi connectivity index (χ0) is 48.0. The predicted octanol–water partition coefficient (Wildman–Crippen LogP) is 13.8. The smallest absolute Gasteiger partial charge is 0.236 e. The van der Waals surface area contributed by atoms with Crippen LogP contribution < -0.4 is 29.0 Å². The molecular weight excluding hydrogens is 881 g/mol. The van der Waals surface area contributed by atoms with Gasteiger partial charge in [0, 0.05) is 11.1 Å². The van der Waals surface area contributed by atoms with Crippen molar-refractivity contribution in [3.8, 4) is 57.5 Å². The Hall–Kier alpha value is -8.21. The van der Waals surface area contributed by atoms with Gasteiger partial charge in [-0.1, -0.05) is 103 Å². The molecule has 0 amide bonds. The molecule has 7 nitrogen and oxygen atoms in total. The van der Waals surface area contributed by atoms with Gasteiger partial charge in [0.05, 0.1) is 19.6 Å². The number of Topliss-reactive ketones (excluding diaryl/α,β-unsaturated/α-hetero) is 1. The number of carbonyl (C=O) groups excluding carboxylic acids is 1. The summed E-state index contributed by atoms with van der Waals surface area (Å²) in [5, 5.41) is 0. The van der Waals surface area contributed by atoms with Crippen LogP contribution in [0.1, 0.15) is 87.8 Å². The summed E-state index contributed by atoms with van der Waals surface area (Å²) in [4.78, 5) is 36.1. The van der Waals surface area contributed by atoms with Crippen LogP contribution in [0.5, 0.6) is 34.5 Å². The molecule has 0 heterocycles. The van der Waals surface area contributed by atoms with Crippen molar-refractivity contribution in [2.24, 2.45) is 11.8 Å². The van der Waals surface area contributed by atoms with E-state index in [9.17, 15) is 4.79 Å². The van der Waals surface area contributed by atoms with Gasteiger partial charge >= 0.3 is 0 Å². The second kappa shape index (κ2) is 17.9. The molecule has 0 radical (unpaired) electrons. The van der Waals surface area contributed by atoms with E-state index in [4.69, 9.17) is 29.0 Å². The van der Waals surface area contributed by atoms with Gasteiger partial charge in [-0.25, -0.2) is 0 Å². The van der Waals surface area contributed by atoms with E-state index >= 15 is 0 Å². The number of benzene rings is 8. The number of ether oxygens (including phenoxy) is 2. The Labute approximate surface area is 414 Å². The van der Waals surface area contributed by atoms with Gasteiger partial charge in [0.15, 0.2) is 23.0 Å². The topological polar surface area (TPSA) is 72.5 Å². The summed E-state index contributed by atoms with van der Waals surface area (Å²) in [6.45, 7) is 0. The molecule has 5 aliphatic rings. The molecule has 4 fully saturated rings. The molecular formula is C64H52O7. The first-order valence-electron chi connectivity index (χ1n) is 24.5. The molecule has 0 aromatic heterocycles. The Kier molecular flexibility index (Phi) is 11.1. The highest BCUT2D eigenvalue weighted by atomic mass is 17.2. The normalized spacial score (nSPS) is 20.6. The van der Waals surface area contributed by atoms with Gasteiger partial charge in [-0.2, -0.15) is 0 Å². The van der Waals surface area contributed by atoms with Crippen LogP contribution >= 0.6 is 0 Å². The van der Waals surface area contributed by atoms with E-state index in [1.807, 2.05) is 48.5 Å². The molecule has 8 aromatic carbocycles. The van der Waals surface area contributed by atoms with Crippen molar-refractivity contribution in [1.82, 2.24) is 0 Å². The lowest BCUT2D eigenvalue weighted by atomic mass is 9.42. The third-order valence-corrected chi connectivity index (χ3v) is 15.8. The van der Waals surface area contributed by atoms with Crippen LogP contribution in [0.3, 0.4) is 0 Å². The fourth-order valence-corrected chi connectivity index (χ4v) is 13.0. The van der Waals surface area contributed by atoms with E-state index in [0.717, 1.165) is 17.7 Å². The number of methoxy groups -OCH3 is 2. The van der Waals surface area contributed by atoms with Crippen molar-refractivity contribution in [3.63, 3.8) is 0 Å². The van der Waals surface area contributed by atoms with Crippen LogP contribution in [0.4, 0.5) is 0 Å². The number of rotatable bonds is 13. The molecule has 0 saturated heterocycles. The molecule has 2 atom stereocenters. The number of carbonyl (C=O) groups is 1. The Balaban J connectivity index is 0.704. The molecule has 350 valence electrons. The van der Waals surface area contributed by atoms with Crippen molar-refractivity contribution in [1.29, 1.82) is 0 Å². The fourth-order valence-electron chi connectivity index (χ4n) is 13.0. The molecule has 71 heavy (non-hydrogen) atoms. The average Bonchev–Trinajstić information content (AvgIpc) is 3.72. The first-order chi connectivity index (χ1) is 34.8. The Morgan fingerprint density at radius 3 is 1.23 bits per heavy atom. The second-order valence-corrected chi connectivity index (χ2v) is 19.8. The van der Waals surface area contributed by atoms with E-state index in [1.54, 1.807) is 50.6 Å². The Morgan fingerprint density at radius 2 is 0.803 bits per heavy atom. The standard InChI is InChI=1S/C64H52O7/c1-66-51-26-14-46(15-27-51)61(65)36-13-43-11-24-53(25-12-43)68-69-54-30-16-47(17-31-54)62-38-44-37-45(39-62)41-63(40-44,42-62)48-18-32-55(33-19-48)70-71-56-34-22-50(23-35-56)64(49-20-28-52(67-2)29-21-49)59-9-5-3-7-57(59)58-8-4-6-10-60(58)64/h3-12,14-35,44-45H,37-42H2,1-2H3. The molecule has 8 aromatic rings. The second-order valence-electron chi connectivity index (χ2n) is 19.8. The van der Waals surface area contributed by atoms with Crippen molar-refractivity contribution in [2.45, 2.75) is 54.8 Å². The first kappa shape index (κ1) is 44.0. The quantitative estimate of drug-likeness (QED) is 0.0493. The summed E-state index contributed by atoms with van der Waals surface area (Å²) in [5.41, 5.74) is 11.0. The Bertz CT molecular complexity index is 3230. The van der Waals surface area contributed by atoms with Gasteiger partial charge in [0.25, 0.3) is 0 Å². The van der Waals surface area contributed by atoms with Crippen LogP contribution in [0.15, 0.2) is 194 Å². The summed E-state index contributed by atoms with van der Waals surface area (Å²) in [5.74, 6) is 10.8. The highest BCUT2D eigenvalue weighted by molar-refractivity contribution is 6.09. The third kappa shape index (κ3) is 7.94. The van der Waals surface area contributed by atoms with Crippen LogP contribution in [-0.2, 0) is 16.2 Å². The maximum atomic E-state index is 12.5. The van der Waals surface area contributed by atoms with Gasteiger partial charge in [-0.3, -0.25) is 24.3 Å². The molecule has 0 spiro atoms. The van der Waals surface area contributed by atoms with Crippen molar-refractivity contribution in [2.75, 3.05) is 14.2 Å². The number of fused-ring (bicyclic) bond motifs is 3. The van der Waals surface area contributed by atoms with Crippen LogP contribution in [0.2, 0.25) is 0 Å². The minimum atomic E-state index is -0.519. The van der Waals surface area contributed by atoms with Crippen LogP contribution in [0, 0.1) is 23.7 Å². The zero-order valence-corrected chi connectivity index (χ0v) is 39.7. The molecule has 4 bridgehead atoms. The minimum Gasteiger partial charge on any atom is -0.497 e. The number of hydrogen-bond donors (Lipinski definition) is 0. The van der Waals surface area contributed by atoms with Gasteiger partial charge in [-0.15, -0.1) is 0 Å². The summed E-state index contributed by atoms with van der Waals surface area (Å²) in [7, 11) is 3.29. The van der Waals surface area contributed by atoms with Crippen LogP contribution in [-0.4, -0.2) is 20.0 Å². The van der Waals surface area contributed by atoms with Gasteiger partial charge in [-0.05, 0) is 209 Å². The van der Waals surface area contributed by atoms with Crippen LogP contribution in [0.25, 0.3) is 11.1 Å². The lowest BCUT2D eigenvalue weighted by Gasteiger charge is -2.62. The zero-order valence-electron chi connectivity index (χ0n) is 39.7. The molecule has 2 unspecified atom stereocenters. The molecule has 13 rings (SSSR count). The molecule has 7 heteroatoms. The van der Waals surface area contributed by atoms with Crippen molar-refractivity contribution in [3.05, 3.63) is 239 Å². The molecule has 5 aliphatic carbocycles. The van der Waals surface area contributed by atoms with E-state index in [-0.39, 0.29) is 16.6 Å². The van der Waals surface area contributed by atoms with Crippen molar-refractivity contribution >= 4 is 5.78 Å². The third-order valence-electron chi connectivity index (χ3n) is 15.8. The lowest BCUT2D eigenvalue weighted by molar-refractivity contribution is -0.100. The monoisotopic (exact) mass is 932 g/mol. The largest absolute Gasteiger partial charge is 0.497 e. The fraction of sp³-hybridized carbons (Fsp3) is 0.203. The number of ketones is 1. The highest BCUT2D eigenvalue weighted by Crippen LogP contribution is 2.66. The molecule has 0 aliphatic heterocycles. The van der Waals surface area contributed by atoms with Crippen molar-refractivity contribution < 1.29 is 33.8 Å².